The third kappa shape index (κ3) is 2.73. The van der Waals surface area contributed by atoms with E-state index in [-0.39, 0.29) is 11.3 Å². The van der Waals surface area contributed by atoms with Crippen LogP contribution in [0.15, 0.2) is 47.6 Å². The van der Waals surface area contributed by atoms with Crippen LogP contribution in [0.25, 0.3) is 21.6 Å². The van der Waals surface area contributed by atoms with Gasteiger partial charge in [0, 0.05) is 4.91 Å². The van der Waals surface area contributed by atoms with E-state index < -0.39 is 5.97 Å². The number of nitrogens with zero attached hydrogens (tertiary/aromatic N) is 3. The summed E-state index contributed by atoms with van der Waals surface area (Å²) >= 11 is 0. The Hall–Kier alpha value is -2.78. The Morgan fingerprint density at radius 3 is 2.37 bits per heavy atom. The van der Waals surface area contributed by atoms with Gasteiger partial charge in [0.1, 0.15) is 0 Å². The van der Waals surface area contributed by atoms with Gasteiger partial charge in [0.15, 0.2) is 0 Å². The van der Waals surface area contributed by atoms with Gasteiger partial charge in [0.2, 0.25) is 0 Å². The topological polar surface area (TPSA) is 86.1 Å². The molecule has 5 heteroatoms. The fourth-order valence-corrected chi connectivity index (χ4v) is 1.77. The first-order valence-electron chi connectivity index (χ1n) is 5.61. The minimum atomic E-state index is -1.11. The van der Waals surface area contributed by atoms with E-state index in [1.165, 1.54) is 12.1 Å². The van der Waals surface area contributed by atoms with Gasteiger partial charge in [-0.3, -0.25) is 0 Å². The average Bonchev–Trinajstić information content (AvgIpc) is 2.40. The van der Waals surface area contributed by atoms with Gasteiger partial charge in [-0.1, -0.05) is 47.1 Å². The highest BCUT2D eigenvalue weighted by Gasteiger charge is 2.10. The van der Waals surface area contributed by atoms with Gasteiger partial charge < -0.3 is 5.11 Å². The van der Waals surface area contributed by atoms with Gasteiger partial charge in [0.05, 0.1) is 11.3 Å². The third-order valence-electron chi connectivity index (χ3n) is 2.76. The molecule has 0 unspecified atom stereocenters. The SMILES string of the molecule is Cc1ccc(-c2ccc(N=[N+]=[N-])c(C(=O)O)c2)cc1. The van der Waals surface area contributed by atoms with Crippen LogP contribution in [0.2, 0.25) is 0 Å². The van der Waals surface area contributed by atoms with Gasteiger partial charge in [-0.05, 0) is 29.6 Å². The van der Waals surface area contributed by atoms with Crippen molar-refractivity contribution in [2.75, 3.05) is 0 Å². The second kappa shape index (κ2) is 5.25. The lowest BCUT2D eigenvalue weighted by Gasteiger charge is -2.06. The zero-order valence-corrected chi connectivity index (χ0v) is 10.2. The van der Waals surface area contributed by atoms with E-state index in [0.717, 1.165) is 16.7 Å². The summed E-state index contributed by atoms with van der Waals surface area (Å²) in [5.74, 6) is -1.11. The van der Waals surface area contributed by atoms with Crippen molar-refractivity contribution in [3.8, 4) is 11.1 Å². The second-order valence-corrected chi connectivity index (χ2v) is 4.09. The molecule has 0 aliphatic rings. The van der Waals surface area contributed by atoms with Crippen LogP contribution in [-0.4, -0.2) is 11.1 Å². The Labute approximate surface area is 109 Å². The summed E-state index contributed by atoms with van der Waals surface area (Å²) in [6.07, 6.45) is 0. The van der Waals surface area contributed by atoms with Crippen molar-refractivity contribution in [2.45, 2.75) is 6.92 Å². The number of carboxylic acid groups (broad SMARTS) is 1. The first kappa shape index (κ1) is 12.7. The maximum atomic E-state index is 11.2. The zero-order chi connectivity index (χ0) is 13.8. The van der Waals surface area contributed by atoms with Crippen LogP contribution in [0.5, 0.6) is 0 Å². The monoisotopic (exact) mass is 253 g/mol. The lowest BCUT2D eigenvalue weighted by Crippen LogP contribution is -1.97. The lowest BCUT2D eigenvalue weighted by atomic mass is 10.0. The van der Waals surface area contributed by atoms with Crippen molar-refractivity contribution in [1.82, 2.24) is 0 Å². The molecule has 2 aromatic carbocycles. The molecule has 94 valence electrons. The molecule has 0 spiro atoms. The Balaban J connectivity index is 2.54. The maximum Gasteiger partial charge on any atom is 0.336 e. The van der Waals surface area contributed by atoms with Crippen LogP contribution in [0.3, 0.4) is 0 Å². The molecule has 0 aliphatic heterocycles. The van der Waals surface area contributed by atoms with Gasteiger partial charge in [-0.15, -0.1) is 0 Å². The first-order valence-corrected chi connectivity index (χ1v) is 5.61. The van der Waals surface area contributed by atoms with Crippen molar-refractivity contribution >= 4 is 11.7 Å². The fraction of sp³-hybridized carbons (Fsp3) is 0.0714. The number of azide groups is 1. The Bertz CT molecular complexity index is 672. The molecule has 0 saturated carbocycles. The van der Waals surface area contributed by atoms with Crippen molar-refractivity contribution in [1.29, 1.82) is 0 Å². The lowest BCUT2D eigenvalue weighted by molar-refractivity contribution is 0.0698. The predicted molar refractivity (Wildman–Crippen MR) is 72.4 cm³/mol. The standard InChI is InChI=1S/C14H11N3O2/c1-9-2-4-10(5-3-9)11-6-7-13(16-17-15)12(8-11)14(18)19/h2-8H,1H3,(H,18,19). The van der Waals surface area contributed by atoms with Gasteiger partial charge in [-0.2, -0.15) is 0 Å². The van der Waals surface area contributed by atoms with Crippen LogP contribution in [0.1, 0.15) is 15.9 Å². The van der Waals surface area contributed by atoms with E-state index >= 15 is 0 Å². The molecule has 0 radical (unpaired) electrons. The van der Waals surface area contributed by atoms with E-state index in [0.29, 0.717) is 0 Å². The molecule has 0 heterocycles. The third-order valence-corrected chi connectivity index (χ3v) is 2.76. The minimum Gasteiger partial charge on any atom is -0.478 e. The molecule has 0 saturated heterocycles. The number of hydrogen-bond donors (Lipinski definition) is 1. The molecule has 0 atom stereocenters. The van der Waals surface area contributed by atoms with E-state index in [2.05, 4.69) is 10.0 Å². The van der Waals surface area contributed by atoms with Crippen molar-refractivity contribution in [3.05, 3.63) is 64.0 Å². The van der Waals surface area contributed by atoms with Gasteiger partial charge >= 0.3 is 5.97 Å². The zero-order valence-electron chi connectivity index (χ0n) is 10.2. The summed E-state index contributed by atoms with van der Waals surface area (Å²) in [4.78, 5) is 13.8. The molecule has 2 rings (SSSR count). The molecule has 0 aromatic heterocycles. The van der Waals surface area contributed by atoms with Crippen LogP contribution in [0.4, 0.5) is 5.69 Å². The van der Waals surface area contributed by atoms with E-state index in [1.54, 1.807) is 6.07 Å². The number of aromatic carboxylic acids is 1. The molecule has 2 aromatic rings. The van der Waals surface area contributed by atoms with E-state index in [1.807, 2.05) is 31.2 Å². The molecular formula is C14H11N3O2. The minimum absolute atomic E-state index is 0.00382. The number of carbonyl (C=O) groups is 1. The molecule has 5 nitrogen and oxygen atoms in total. The van der Waals surface area contributed by atoms with Crippen molar-refractivity contribution in [3.63, 3.8) is 0 Å². The highest BCUT2D eigenvalue weighted by molar-refractivity contribution is 5.95. The van der Waals surface area contributed by atoms with E-state index in [4.69, 9.17) is 10.6 Å². The molecular weight excluding hydrogens is 242 g/mol. The number of hydrogen-bond acceptors (Lipinski definition) is 2. The van der Waals surface area contributed by atoms with Crippen LogP contribution in [0, 0.1) is 6.92 Å². The molecule has 0 amide bonds. The van der Waals surface area contributed by atoms with Crippen LogP contribution in [-0.2, 0) is 0 Å². The fourth-order valence-electron chi connectivity index (χ4n) is 1.77. The first-order chi connectivity index (χ1) is 9.11. The van der Waals surface area contributed by atoms with Crippen LogP contribution >= 0.6 is 0 Å². The second-order valence-electron chi connectivity index (χ2n) is 4.09. The highest BCUT2D eigenvalue weighted by Crippen LogP contribution is 2.27. The normalized spacial score (nSPS) is 9.74. The quantitative estimate of drug-likeness (QED) is 0.502. The largest absolute Gasteiger partial charge is 0.478 e. The van der Waals surface area contributed by atoms with Crippen molar-refractivity contribution in [2.24, 2.45) is 5.11 Å². The highest BCUT2D eigenvalue weighted by atomic mass is 16.4. The summed E-state index contributed by atoms with van der Waals surface area (Å²) in [6, 6.07) is 12.5. The van der Waals surface area contributed by atoms with Crippen LogP contribution < -0.4 is 0 Å². The smallest absolute Gasteiger partial charge is 0.336 e. The number of aryl methyl sites for hydroxylation is 1. The summed E-state index contributed by atoms with van der Waals surface area (Å²) in [7, 11) is 0. The molecule has 0 bridgehead atoms. The number of benzene rings is 2. The van der Waals surface area contributed by atoms with Crippen molar-refractivity contribution < 1.29 is 9.90 Å². The summed E-state index contributed by atoms with van der Waals surface area (Å²) < 4.78 is 0. The molecule has 1 N–H and O–H groups in total. The Morgan fingerprint density at radius 2 is 1.79 bits per heavy atom. The average molecular weight is 253 g/mol. The summed E-state index contributed by atoms with van der Waals surface area (Å²) in [5.41, 5.74) is 11.3. The molecule has 0 aliphatic carbocycles. The predicted octanol–water partition coefficient (Wildman–Crippen LogP) is 4.30. The summed E-state index contributed by atoms with van der Waals surface area (Å²) in [5, 5.41) is 12.5. The van der Waals surface area contributed by atoms with E-state index in [9.17, 15) is 4.79 Å². The molecule has 0 fully saturated rings. The van der Waals surface area contributed by atoms with Gasteiger partial charge in [-0.25, -0.2) is 4.79 Å². The van der Waals surface area contributed by atoms with Gasteiger partial charge in [0.25, 0.3) is 0 Å². The number of rotatable bonds is 3. The molecule has 19 heavy (non-hydrogen) atoms. The number of carboxylic acids is 1. The Morgan fingerprint density at radius 1 is 1.16 bits per heavy atom. The maximum absolute atomic E-state index is 11.2. The Kier molecular flexibility index (Phi) is 3.50. The summed E-state index contributed by atoms with van der Waals surface area (Å²) in [6.45, 7) is 1.98.